The average Bonchev–Trinajstić information content (AvgIpc) is 2.48. The number of amides is 1. The Morgan fingerprint density at radius 2 is 1.87 bits per heavy atom. The van der Waals surface area contributed by atoms with Crippen molar-refractivity contribution in [2.45, 2.75) is 6.42 Å². The molecule has 1 heterocycles. The highest BCUT2D eigenvalue weighted by atomic mass is 32.2. The van der Waals surface area contributed by atoms with Crippen molar-refractivity contribution in [2.24, 2.45) is 0 Å². The fourth-order valence-electron chi connectivity index (χ4n) is 2.27. The number of hydrogen-bond donors (Lipinski definition) is 0. The smallest absolute Gasteiger partial charge is 0.226 e. The fraction of sp³-hybridized carbons (Fsp3) is 0.500. The second-order valence-corrected chi connectivity index (χ2v) is 7.20. The van der Waals surface area contributed by atoms with E-state index in [-0.39, 0.29) is 37.8 Å². The van der Waals surface area contributed by atoms with E-state index in [2.05, 4.69) is 0 Å². The Morgan fingerprint density at radius 3 is 2.43 bits per heavy atom. The van der Waals surface area contributed by atoms with Crippen LogP contribution in [-0.4, -0.2) is 62.6 Å². The number of benzene rings is 1. The van der Waals surface area contributed by atoms with E-state index in [4.69, 9.17) is 4.74 Å². The number of hydrogen-bond acceptors (Lipinski definition) is 4. The Balaban J connectivity index is 1.78. The van der Waals surface area contributed by atoms with E-state index in [0.717, 1.165) is 12.3 Å². The number of rotatable bonds is 5. The van der Waals surface area contributed by atoms with Gasteiger partial charge in [0.05, 0.1) is 19.3 Å². The highest BCUT2D eigenvalue weighted by Crippen LogP contribution is 2.18. The Kier molecular flexibility index (Phi) is 5.53. The zero-order chi connectivity index (χ0) is 17.0. The normalized spacial score (nSPS) is 16.4. The topological polar surface area (TPSA) is 66.9 Å². The monoisotopic (exact) mass is 348 g/mol. The lowest BCUT2D eigenvalue weighted by molar-refractivity contribution is -0.132. The zero-order valence-corrected chi connectivity index (χ0v) is 13.5. The van der Waals surface area contributed by atoms with Gasteiger partial charge in [-0.05, 0) is 12.1 Å². The molecule has 128 valence electrons. The van der Waals surface area contributed by atoms with Crippen LogP contribution < -0.4 is 4.74 Å². The van der Waals surface area contributed by atoms with Crippen molar-refractivity contribution in [2.75, 3.05) is 39.0 Å². The first-order valence-corrected chi connectivity index (χ1v) is 8.93. The van der Waals surface area contributed by atoms with Crippen LogP contribution in [0.1, 0.15) is 6.42 Å². The van der Waals surface area contributed by atoms with E-state index in [1.807, 2.05) is 0 Å². The molecule has 0 aliphatic carbocycles. The van der Waals surface area contributed by atoms with E-state index in [0.29, 0.717) is 19.2 Å². The first-order valence-electron chi connectivity index (χ1n) is 7.08. The second kappa shape index (κ2) is 7.22. The van der Waals surface area contributed by atoms with Crippen LogP contribution in [0.3, 0.4) is 0 Å². The maximum atomic E-state index is 13.4. The summed E-state index contributed by atoms with van der Waals surface area (Å²) in [6.45, 7) is 1.12. The van der Waals surface area contributed by atoms with E-state index in [1.165, 1.54) is 10.4 Å². The third kappa shape index (κ3) is 4.87. The summed E-state index contributed by atoms with van der Waals surface area (Å²) in [5.74, 6) is -1.82. The lowest BCUT2D eigenvalue weighted by Gasteiger charge is -2.33. The number of carbonyl (C=O) groups excluding carboxylic acids is 1. The van der Waals surface area contributed by atoms with Crippen LogP contribution >= 0.6 is 0 Å². The molecule has 0 spiro atoms. The first-order chi connectivity index (χ1) is 10.8. The average molecular weight is 348 g/mol. The molecule has 1 aliphatic rings. The lowest BCUT2D eigenvalue weighted by Crippen LogP contribution is -2.50. The van der Waals surface area contributed by atoms with Gasteiger partial charge in [0, 0.05) is 32.2 Å². The molecule has 1 aromatic rings. The van der Waals surface area contributed by atoms with Crippen molar-refractivity contribution in [3.05, 3.63) is 29.8 Å². The zero-order valence-electron chi connectivity index (χ0n) is 12.7. The minimum Gasteiger partial charge on any atom is -0.490 e. The fourth-order valence-corrected chi connectivity index (χ4v) is 3.09. The van der Waals surface area contributed by atoms with Crippen LogP contribution in [0.4, 0.5) is 8.78 Å². The maximum Gasteiger partial charge on any atom is 0.226 e. The summed E-state index contributed by atoms with van der Waals surface area (Å²) < 4.78 is 55.3. The molecule has 0 radical (unpaired) electrons. The van der Waals surface area contributed by atoms with E-state index in [9.17, 15) is 22.0 Å². The van der Waals surface area contributed by atoms with Crippen molar-refractivity contribution in [1.82, 2.24) is 9.21 Å². The van der Waals surface area contributed by atoms with Crippen molar-refractivity contribution in [3.8, 4) is 5.75 Å². The summed E-state index contributed by atoms with van der Waals surface area (Å²) in [6.07, 6.45) is 1.17. The molecular weight excluding hydrogens is 330 g/mol. The van der Waals surface area contributed by atoms with Gasteiger partial charge >= 0.3 is 0 Å². The molecule has 0 bridgehead atoms. The molecule has 0 aromatic heterocycles. The van der Waals surface area contributed by atoms with Gasteiger partial charge < -0.3 is 9.64 Å². The second-order valence-electron chi connectivity index (χ2n) is 5.22. The predicted molar refractivity (Wildman–Crippen MR) is 79.5 cm³/mol. The molecule has 9 heteroatoms. The van der Waals surface area contributed by atoms with E-state index < -0.39 is 21.7 Å². The number of nitrogens with zero attached hydrogens (tertiary/aromatic N) is 2. The Bertz CT molecular complexity index is 673. The predicted octanol–water partition coefficient (Wildman–Crippen LogP) is 0.838. The van der Waals surface area contributed by atoms with E-state index in [1.54, 1.807) is 4.90 Å². The third-order valence-corrected chi connectivity index (χ3v) is 4.83. The largest absolute Gasteiger partial charge is 0.490 e. The van der Waals surface area contributed by atoms with Crippen LogP contribution in [0, 0.1) is 11.6 Å². The quantitative estimate of drug-likeness (QED) is 0.791. The lowest BCUT2D eigenvalue weighted by atomic mass is 10.3. The molecule has 6 nitrogen and oxygen atoms in total. The van der Waals surface area contributed by atoms with Gasteiger partial charge in [0.1, 0.15) is 5.82 Å². The molecule has 1 saturated heterocycles. The Hall–Kier alpha value is -1.74. The van der Waals surface area contributed by atoms with Crippen LogP contribution in [-0.2, 0) is 14.8 Å². The van der Waals surface area contributed by atoms with Crippen LogP contribution in [0.25, 0.3) is 0 Å². The minimum absolute atomic E-state index is 0.0341. The standard InChI is InChI=1S/C14H18F2N2O4S/c1-23(20,21)18-7-5-17(6-8-18)14(19)4-9-22-13-3-2-11(15)10-12(13)16/h2-3,10H,4-9H2,1H3. The number of piperazine rings is 1. The third-order valence-electron chi connectivity index (χ3n) is 3.53. The number of ether oxygens (including phenoxy) is 1. The summed E-state index contributed by atoms with van der Waals surface area (Å²) in [6, 6.07) is 2.95. The first kappa shape index (κ1) is 17.6. The van der Waals surface area contributed by atoms with E-state index >= 15 is 0 Å². The number of sulfonamides is 1. The SMILES string of the molecule is CS(=O)(=O)N1CCN(C(=O)CCOc2ccc(F)cc2F)CC1. The Labute approximate surface area is 133 Å². The van der Waals surface area contributed by atoms with Gasteiger partial charge in [-0.15, -0.1) is 0 Å². The summed E-state index contributed by atoms with van der Waals surface area (Å²) in [4.78, 5) is 13.6. The molecule has 2 rings (SSSR count). The van der Waals surface area contributed by atoms with Crippen molar-refractivity contribution >= 4 is 15.9 Å². The number of halogens is 2. The maximum absolute atomic E-state index is 13.4. The summed E-state index contributed by atoms with van der Waals surface area (Å²) >= 11 is 0. The molecule has 1 fully saturated rings. The molecule has 1 amide bonds. The van der Waals surface area contributed by atoms with Crippen LogP contribution in [0.15, 0.2) is 18.2 Å². The number of carbonyl (C=O) groups is 1. The van der Waals surface area contributed by atoms with Gasteiger partial charge in [0.2, 0.25) is 15.9 Å². The summed E-state index contributed by atoms with van der Waals surface area (Å²) in [7, 11) is -3.24. The highest BCUT2D eigenvalue weighted by Gasteiger charge is 2.25. The van der Waals surface area contributed by atoms with Gasteiger partial charge in [-0.2, -0.15) is 4.31 Å². The molecule has 0 N–H and O–H groups in total. The van der Waals surface area contributed by atoms with Gasteiger partial charge in [0.15, 0.2) is 11.6 Å². The highest BCUT2D eigenvalue weighted by molar-refractivity contribution is 7.88. The van der Waals surface area contributed by atoms with Gasteiger partial charge in [0.25, 0.3) is 0 Å². The molecule has 23 heavy (non-hydrogen) atoms. The molecular formula is C14H18F2N2O4S. The van der Waals surface area contributed by atoms with Crippen LogP contribution in [0.2, 0.25) is 0 Å². The summed E-state index contributed by atoms with van der Waals surface area (Å²) in [5, 5.41) is 0. The van der Waals surface area contributed by atoms with Gasteiger partial charge in [-0.3, -0.25) is 4.79 Å². The molecule has 0 saturated carbocycles. The van der Waals surface area contributed by atoms with Gasteiger partial charge in [-0.25, -0.2) is 17.2 Å². The minimum atomic E-state index is -3.24. The van der Waals surface area contributed by atoms with Crippen molar-refractivity contribution in [3.63, 3.8) is 0 Å². The molecule has 1 aromatic carbocycles. The summed E-state index contributed by atoms with van der Waals surface area (Å²) in [5.41, 5.74) is 0. The Morgan fingerprint density at radius 1 is 1.22 bits per heavy atom. The van der Waals surface area contributed by atoms with Crippen LogP contribution in [0.5, 0.6) is 5.75 Å². The molecule has 1 aliphatic heterocycles. The molecule has 0 atom stereocenters. The van der Waals surface area contributed by atoms with Crippen molar-refractivity contribution < 1.29 is 26.7 Å². The van der Waals surface area contributed by atoms with Crippen molar-refractivity contribution in [1.29, 1.82) is 0 Å². The molecule has 0 unspecified atom stereocenters. The van der Waals surface area contributed by atoms with Gasteiger partial charge in [-0.1, -0.05) is 0 Å².